The van der Waals surface area contributed by atoms with Crippen molar-refractivity contribution in [1.29, 1.82) is 0 Å². The lowest BCUT2D eigenvalue weighted by atomic mass is 9.89. The van der Waals surface area contributed by atoms with Crippen molar-refractivity contribution in [3.8, 4) is 0 Å². The predicted molar refractivity (Wildman–Crippen MR) is 141 cm³/mol. The molecule has 1 aromatic rings. The Bertz CT molecular complexity index is 768. The van der Waals surface area contributed by atoms with Crippen LogP contribution in [0.4, 0.5) is 0 Å². The molecule has 0 aromatic heterocycles. The van der Waals surface area contributed by atoms with Gasteiger partial charge in [-0.05, 0) is 50.5 Å². The molecule has 0 spiro atoms. The van der Waals surface area contributed by atoms with Gasteiger partial charge in [-0.15, -0.1) is 0 Å². The maximum absolute atomic E-state index is 11.5. The van der Waals surface area contributed by atoms with Crippen molar-refractivity contribution in [2.24, 2.45) is 11.8 Å². The van der Waals surface area contributed by atoms with E-state index in [1.165, 1.54) is 5.56 Å². The highest BCUT2D eigenvalue weighted by atomic mass is 16.7. The zero-order valence-corrected chi connectivity index (χ0v) is 21.9. The van der Waals surface area contributed by atoms with Crippen LogP contribution in [0.1, 0.15) is 51.0 Å². The Morgan fingerprint density at radius 2 is 1.97 bits per heavy atom. The van der Waals surface area contributed by atoms with Gasteiger partial charge >= 0.3 is 0 Å². The first-order valence-electron chi connectivity index (χ1n) is 13.2. The first kappa shape index (κ1) is 30.2. The van der Waals surface area contributed by atoms with Crippen LogP contribution in [0.2, 0.25) is 0 Å². The third-order valence-electron chi connectivity index (χ3n) is 6.54. The summed E-state index contributed by atoms with van der Waals surface area (Å²) in [6.07, 6.45) is 11.7. The minimum absolute atomic E-state index is 0.0522. The molecule has 7 nitrogen and oxygen atoms in total. The van der Waals surface area contributed by atoms with Crippen LogP contribution in [-0.4, -0.2) is 68.1 Å². The summed E-state index contributed by atoms with van der Waals surface area (Å²) in [5, 5.41) is 24.0. The van der Waals surface area contributed by atoms with Crippen molar-refractivity contribution in [2.45, 2.75) is 70.2 Å². The smallest absolute Gasteiger partial charge is 0.219 e. The minimum Gasteiger partial charge on any atom is -0.393 e. The third kappa shape index (κ3) is 11.8. The van der Waals surface area contributed by atoms with Crippen LogP contribution < -0.4 is 5.32 Å². The Morgan fingerprint density at radius 1 is 1.17 bits per heavy atom. The van der Waals surface area contributed by atoms with Gasteiger partial charge < -0.3 is 29.7 Å². The van der Waals surface area contributed by atoms with Crippen LogP contribution >= 0.6 is 0 Å². The maximum Gasteiger partial charge on any atom is 0.219 e. The van der Waals surface area contributed by atoms with Crippen LogP contribution in [0.3, 0.4) is 0 Å². The van der Waals surface area contributed by atoms with E-state index in [9.17, 15) is 15.0 Å². The van der Waals surface area contributed by atoms with Crippen LogP contribution in [0.5, 0.6) is 0 Å². The number of carbonyl (C=O) groups is 1. The van der Waals surface area contributed by atoms with Gasteiger partial charge in [0.2, 0.25) is 5.91 Å². The van der Waals surface area contributed by atoms with E-state index in [-0.39, 0.29) is 30.6 Å². The molecule has 1 saturated carbocycles. The monoisotopic (exact) mass is 503 g/mol. The topological polar surface area (TPSA) is 97.3 Å². The molecule has 1 aliphatic carbocycles. The van der Waals surface area contributed by atoms with E-state index < -0.39 is 12.2 Å². The van der Waals surface area contributed by atoms with Gasteiger partial charge in [0.1, 0.15) is 6.79 Å². The van der Waals surface area contributed by atoms with Gasteiger partial charge in [0, 0.05) is 32.4 Å². The molecule has 0 heterocycles. The average Bonchev–Trinajstić information content (AvgIpc) is 3.14. The van der Waals surface area contributed by atoms with E-state index in [4.69, 9.17) is 14.2 Å². The molecule has 1 aliphatic rings. The summed E-state index contributed by atoms with van der Waals surface area (Å²) in [6.45, 7) is 3.73. The standard InChI is InChI=1S/C29H45NO6/c1-3-30-29(33)14-10-5-4-9-13-25-26(28(32)21-27(25)31)18-17-24(36-22-35-20-19-34-2)16-15-23-11-7-6-8-12-23/h4,6-9,11-12,17-18,24-28,31-32H,3,5,10,13-16,19-22H2,1-2H3,(H,30,33)/b9-4-,18-17+/t24-,25+,26+,27-,28+/m0/s1. The molecule has 1 amide bonds. The van der Waals surface area contributed by atoms with Gasteiger partial charge in [0.25, 0.3) is 0 Å². The summed E-state index contributed by atoms with van der Waals surface area (Å²) >= 11 is 0. The molecule has 1 fully saturated rings. The molecule has 202 valence electrons. The Kier molecular flexibility index (Phi) is 15.3. The Morgan fingerprint density at radius 3 is 2.72 bits per heavy atom. The summed E-state index contributed by atoms with van der Waals surface area (Å²) in [5.41, 5.74) is 1.24. The highest BCUT2D eigenvalue weighted by Crippen LogP contribution is 2.36. The van der Waals surface area contributed by atoms with E-state index in [1.54, 1.807) is 7.11 Å². The Hall–Kier alpha value is -2.03. The number of hydrogen-bond acceptors (Lipinski definition) is 6. The van der Waals surface area contributed by atoms with Crippen molar-refractivity contribution >= 4 is 5.91 Å². The lowest BCUT2D eigenvalue weighted by molar-refractivity contribution is -0.121. The van der Waals surface area contributed by atoms with Crippen LogP contribution in [0, 0.1) is 11.8 Å². The summed E-state index contributed by atoms with van der Waals surface area (Å²) in [4.78, 5) is 11.5. The van der Waals surface area contributed by atoms with Crippen LogP contribution in [0.25, 0.3) is 0 Å². The van der Waals surface area contributed by atoms with E-state index in [2.05, 4.69) is 29.6 Å². The third-order valence-corrected chi connectivity index (χ3v) is 6.54. The molecule has 1 aromatic carbocycles. The number of methoxy groups -OCH3 is 1. The van der Waals surface area contributed by atoms with Gasteiger partial charge in [0.05, 0.1) is 31.5 Å². The first-order chi connectivity index (χ1) is 17.5. The molecule has 0 bridgehead atoms. The fourth-order valence-electron chi connectivity index (χ4n) is 4.52. The number of hydrogen-bond donors (Lipinski definition) is 3. The molecule has 36 heavy (non-hydrogen) atoms. The van der Waals surface area contributed by atoms with Gasteiger partial charge in [-0.1, -0.05) is 54.6 Å². The summed E-state index contributed by atoms with van der Waals surface area (Å²) < 4.78 is 16.5. The molecule has 3 N–H and O–H groups in total. The fraction of sp³-hybridized carbons (Fsp3) is 0.621. The second-order valence-corrected chi connectivity index (χ2v) is 9.30. The molecule has 2 rings (SSSR count). The largest absolute Gasteiger partial charge is 0.393 e. The minimum atomic E-state index is -0.583. The second kappa shape index (κ2) is 18.3. The molecule has 0 radical (unpaired) electrons. The summed E-state index contributed by atoms with van der Waals surface area (Å²) in [5.74, 6) is -0.112. The second-order valence-electron chi connectivity index (χ2n) is 9.30. The summed E-state index contributed by atoms with van der Waals surface area (Å²) in [7, 11) is 1.63. The molecule has 0 saturated heterocycles. The van der Waals surface area contributed by atoms with E-state index in [0.29, 0.717) is 39.0 Å². The predicted octanol–water partition coefficient (Wildman–Crippen LogP) is 3.79. The number of rotatable bonds is 18. The van der Waals surface area contributed by atoms with Gasteiger partial charge in [-0.25, -0.2) is 0 Å². The number of aliphatic hydroxyl groups is 2. The lowest BCUT2D eigenvalue weighted by Crippen LogP contribution is -2.22. The lowest BCUT2D eigenvalue weighted by Gasteiger charge is -2.21. The number of benzene rings is 1. The average molecular weight is 504 g/mol. The zero-order chi connectivity index (χ0) is 26.0. The number of aliphatic hydroxyl groups excluding tert-OH is 2. The number of unbranched alkanes of at least 4 members (excludes halogenated alkanes) is 1. The Labute approximate surface area is 216 Å². The van der Waals surface area contributed by atoms with E-state index in [0.717, 1.165) is 25.7 Å². The SMILES string of the molecule is CCNC(=O)CCC/C=C\C[C@@H]1[C@@H](/C=C/[C@H](CCc2ccccc2)OCOCCOC)[C@H](O)C[C@@H]1O. The summed E-state index contributed by atoms with van der Waals surface area (Å²) in [6, 6.07) is 10.3. The van der Waals surface area contributed by atoms with E-state index in [1.807, 2.05) is 37.3 Å². The maximum atomic E-state index is 11.5. The van der Waals surface area contributed by atoms with Crippen molar-refractivity contribution in [3.63, 3.8) is 0 Å². The first-order valence-corrected chi connectivity index (χ1v) is 13.2. The van der Waals surface area contributed by atoms with Gasteiger partial charge in [0.15, 0.2) is 0 Å². The molecular formula is C29H45NO6. The van der Waals surface area contributed by atoms with Crippen molar-refractivity contribution in [3.05, 3.63) is 60.2 Å². The number of ether oxygens (including phenoxy) is 3. The number of aryl methyl sites for hydroxylation is 1. The van der Waals surface area contributed by atoms with Crippen LogP contribution in [0.15, 0.2) is 54.6 Å². The van der Waals surface area contributed by atoms with Crippen molar-refractivity contribution < 1.29 is 29.2 Å². The zero-order valence-electron chi connectivity index (χ0n) is 21.9. The number of amides is 1. The molecule has 5 atom stereocenters. The highest BCUT2D eigenvalue weighted by Gasteiger charge is 2.39. The molecule has 0 aliphatic heterocycles. The Balaban J connectivity index is 1.91. The molecule has 7 heteroatoms. The normalized spacial score (nSPS) is 23.0. The number of carbonyl (C=O) groups excluding carboxylic acids is 1. The van der Waals surface area contributed by atoms with Crippen molar-refractivity contribution in [1.82, 2.24) is 5.32 Å². The number of nitrogens with one attached hydrogen (secondary N) is 1. The molecule has 0 unspecified atom stereocenters. The van der Waals surface area contributed by atoms with Crippen molar-refractivity contribution in [2.75, 3.05) is 33.7 Å². The fourth-order valence-corrected chi connectivity index (χ4v) is 4.52. The van der Waals surface area contributed by atoms with Gasteiger partial charge in [-0.2, -0.15) is 0 Å². The highest BCUT2D eigenvalue weighted by molar-refractivity contribution is 5.75. The quantitative estimate of drug-likeness (QED) is 0.160. The van der Waals surface area contributed by atoms with E-state index >= 15 is 0 Å². The van der Waals surface area contributed by atoms with Crippen LogP contribution in [-0.2, 0) is 25.4 Å². The molecular weight excluding hydrogens is 458 g/mol. The van der Waals surface area contributed by atoms with Gasteiger partial charge in [-0.3, -0.25) is 4.79 Å². The number of allylic oxidation sites excluding steroid dienone is 2.